The number of aromatic nitrogens is 2. The van der Waals surface area contributed by atoms with Crippen LogP contribution in [0.2, 0.25) is 4.34 Å². The van der Waals surface area contributed by atoms with E-state index in [4.69, 9.17) is 17.3 Å². The average Bonchev–Trinajstić information content (AvgIpc) is 2.96. The van der Waals surface area contributed by atoms with Crippen molar-refractivity contribution < 1.29 is 0 Å². The van der Waals surface area contributed by atoms with Crippen molar-refractivity contribution in [3.8, 4) is 0 Å². The number of rotatable bonds is 6. The maximum absolute atomic E-state index is 6.00. The Bertz CT molecular complexity index is 563. The summed E-state index contributed by atoms with van der Waals surface area (Å²) in [5.41, 5.74) is 8.34. The van der Waals surface area contributed by atoms with Gasteiger partial charge in [0.05, 0.1) is 16.1 Å². The lowest BCUT2D eigenvalue weighted by molar-refractivity contribution is 0.243. The van der Waals surface area contributed by atoms with Crippen LogP contribution in [-0.2, 0) is 20.0 Å². The minimum atomic E-state index is 0.180. The monoisotopic (exact) mass is 312 g/mol. The van der Waals surface area contributed by atoms with E-state index in [2.05, 4.69) is 36.2 Å². The Balaban J connectivity index is 2.18. The molecule has 6 heteroatoms. The number of aryl methyl sites for hydroxylation is 2. The Morgan fingerprint density at radius 3 is 2.80 bits per heavy atom. The van der Waals surface area contributed by atoms with Crippen molar-refractivity contribution in [1.29, 1.82) is 0 Å². The quantitative estimate of drug-likeness (QED) is 0.892. The number of nitrogens with two attached hydrogens (primary N) is 1. The molecule has 0 saturated carbocycles. The lowest BCUT2D eigenvalue weighted by Gasteiger charge is -2.26. The summed E-state index contributed by atoms with van der Waals surface area (Å²) in [4.78, 5) is 3.51. The van der Waals surface area contributed by atoms with E-state index in [1.807, 2.05) is 17.8 Å². The molecule has 0 fully saturated rings. The van der Waals surface area contributed by atoms with Crippen LogP contribution in [0, 0.1) is 0 Å². The molecule has 20 heavy (non-hydrogen) atoms. The van der Waals surface area contributed by atoms with Crippen LogP contribution in [0.15, 0.2) is 18.3 Å². The van der Waals surface area contributed by atoms with Crippen LogP contribution < -0.4 is 5.73 Å². The normalized spacial score (nSPS) is 13.1. The molecule has 0 aliphatic rings. The summed E-state index contributed by atoms with van der Waals surface area (Å²) in [6, 6.07) is 4.19. The highest BCUT2D eigenvalue weighted by Crippen LogP contribution is 2.27. The second-order valence-electron chi connectivity index (χ2n) is 4.93. The molecule has 0 aromatic carbocycles. The maximum Gasteiger partial charge on any atom is 0.0931 e. The largest absolute Gasteiger partial charge is 0.329 e. The lowest BCUT2D eigenvalue weighted by Crippen LogP contribution is -2.30. The molecule has 1 atom stereocenters. The zero-order chi connectivity index (χ0) is 14.7. The summed E-state index contributed by atoms with van der Waals surface area (Å²) in [6.07, 6.45) is 3.00. The van der Waals surface area contributed by atoms with E-state index in [-0.39, 0.29) is 6.04 Å². The number of thiophene rings is 1. The Morgan fingerprint density at radius 1 is 1.50 bits per heavy atom. The third-order valence-corrected chi connectivity index (χ3v) is 4.64. The summed E-state index contributed by atoms with van der Waals surface area (Å²) in [5.74, 6) is 0. The van der Waals surface area contributed by atoms with Crippen molar-refractivity contribution in [1.82, 2.24) is 14.7 Å². The third-order valence-electron chi connectivity index (χ3n) is 3.42. The summed E-state index contributed by atoms with van der Waals surface area (Å²) in [7, 11) is 4.05. The molecular weight excluding hydrogens is 292 g/mol. The lowest BCUT2D eigenvalue weighted by atomic mass is 10.1. The number of nitrogens with zero attached hydrogens (tertiary/aromatic N) is 3. The van der Waals surface area contributed by atoms with Gasteiger partial charge >= 0.3 is 0 Å². The molecule has 0 bridgehead atoms. The van der Waals surface area contributed by atoms with Crippen molar-refractivity contribution >= 4 is 22.9 Å². The smallest absolute Gasteiger partial charge is 0.0931 e. The van der Waals surface area contributed by atoms with Crippen molar-refractivity contribution in [2.75, 3.05) is 13.6 Å². The van der Waals surface area contributed by atoms with Crippen molar-refractivity contribution in [2.24, 2.45) is 12.8 Å². The number of halogens is 1. The van der Waals surface area contributed by atoms with Gasteiger partial charge in [-0.25, -0.2) is 0 Å². The molecule has 0 aliphatic heterocycles. The molecular formula is C14H21ClN4S. The molecule has 1 unspecified atom stereocenters. The predicted molar refractivity (Wildman–Crippen MR) is 85.2 cm³/mol. The topological polar surface area (TPSA) is 47.1 Å². The zero-order valence-corrected chi connectivity index (χ0v) is 13.7. The molecule has 0 radical (unpaired) electrons. The summed E-state index contributed by atoms with van der Waals surface area (Å²) >= 11 is 7.60. The molecule has 2 heterocycles. The predicted octanol–water partition coefficient (Wildman–Crippen LogP) is 2.83. The fourth-order valence-corrected chi connectivity index (χ4v) is 3.59. The Morgan fingerprint density at radius 2 is 2.25 bits per heavy atom. The van der Waals surface area contributed by atoms with Gasteiger partial charge in [0.1, 0.15) is 0 Å². The van der Waals surface area contributed by atoms with Crippen molar-refractivity contribution in [3.05, 3.63) is 38.8 Å². The minimum Gasteiger partial charge on any atom is -0.329 e. The fourth-order valence-electron chi connectivity index (χ4n) is 2.44. The van der Waals surface area contributed by atoms with Gasteiger partial charge < -0.3 is 5.73 Å². The van der Waals surface area contributed by atoms with Crippen LogP contribution in [0.25, 0.3) is 0 Å². The van der Waals surface area contributed by atoms with Crippen LogP contribution in [-0.4, -0.2) is 28.3 Å². The molecule has 2 aromatic heterocycles. The first-order chi connectivity index (χ1) is 9.55. The first-order valence-corrected chi connectivity index (χ1v) is 7.91. The van der Waals surface area contributed by atoms with E-state index in [1.54, 1.807) is 11.3 Å². The number of hydrogen-bond acceptors (Lipinski definition) is 4. The van der Waals surface area contributed by atoms with E-state index in [0.29, 0.717) is 6.54 Å². The van der Waals surface area contributed by atoms with Gasteiger partial charge in [0.25, 0.3) is 0 Å². The van der Waals surface area contributed by atoms with Crippen LogP contribution in [0.1, 0.15) is 29.1 Å². The van der Waals surface area contributed by atoms with E-state index < -0.39 is 0 Å². The molecule has 0 spiro atoms. The van der Waals surface area contributed by atoms with Crippen molar-refractivity contribution in [3.63, 3.8) is 0 Å². The van der Waals surface area contributed by atoms with Gasteiger partial charge in [-0.2, -0.15) is 5.10 Å². The van der Waals surface area contributed by atoms with Gasteiger partial charge in [0.2, 0.25) is 0 Å². The van der Waals surface area contributed by atoms with Gasteiger partial charge in [-0.3, -0.25) is 9.58 Å². The van der Waals surface area contributed by atoms with Crippen LogP contribution in [0.4, 0.5) is 0 Å². The zero-order valence-electron chi connectivity index (χ0n) is 12.1. The first-order valence-electron chi connectivity index (χ1n) is 6.72. The van der Waals surface area contributed by atoms with E-state index in [0.717, 1.165) is 23.0 Å². The fraction of sp³-hybridized carbons (Fsp3) is 0.500. The molecule has 2 N–H and O–H groups in total. The minimum absolute atomic E-state index is 0.180. The first kappa shape index (κ1) is 15.5. The molecule has 2 aromatic rings. The Kier molecular flexibility index (Phi) is 5.21. The van der Waals surface area contributed by atoms with Gasteiger partial charge in [-0.1, -0.05) is 18.5 Å². The number of likely N-dealkylation sites (N-methyl/N-ethyl adjacent to an activating group) is 1. The summed E-state index contributed by atoms with van der Waals surface area (Å²) in [5, 5.41) is 4.51. The van der Waals surface area contributed by atoms with Crippen molar-refractivity contribution in [2.45, 2.75) is 25.9 Å². The highest BCUT2D eigenvalue weighted by atomic mass is 35.5. The maximum atomic E-state index is 6.00. The summed E-state index contributed by atoms with van der Waals surface area (Å²) in [6.45, 7) is 3.55. The highest BCUT2D eigenvalue weighted by molar-refractivity contribution is 7.16. The number of hydrogen-bond donors (Lipinski definition) is 1. The van der Waals surface area contributed by atoms with Gasteiger partial charge in [-0.05, 0) is 25.6 Å². The molecule has 0 amide bonds. The van der Waals surface area contributed by atoms with E-state index >= 15 is 0 Å². The van der Waals surface area contributed by atoms with Gasteiger partial charge in [0.15, 0.2) is 0 Å². The molecule has 2 rings (SSSR count). The molecule has 0 aliphatic carbocycles. The van der Waals surface area contributed by atoms with E-state index in [9.17, 15) is 0 Å². The Labute approximate surface area is 129 Å². The Hall–Kier alpha value is -0.880. The average molecular weight is 313 g/mol. The molecule has 110 valence electrons. The second kappa shape index (κ2) is 6.72. The molecule has 0 saturated heterocycles. The van der Waals surface area contributed by atoms with Crippen LogP contribution >= 0.6 is 22.9 Å². The SMILES string of the molecule is CCc1nn(C)cc1C(CN)N(C)Cc1ccc(Cl)s1. The second-order valence-corrected chi connectivity index (χ2v) is 6.73. The summed E-state index contributed by atoms with van der Waals surface area (Å²) < 4.78 is 2.69. The molecule has 4 nitrogen and oxygen atoms in total. The van der Waals surface area contributed by atoms with E-state index in [1.165, 1.54) is 10.4 Å². The van der Waals surface area contributed by atoms with Crippen LogP contribution in [0.3, 0.4) is 0 Å². The van der Waals surface area contributed by atoms with Gasteiger partial charge in [-0.15, -0.1) is 11.3 Å². The van der Waals surface area contributed by atoms with Gasteiger partial charge in [0, 0.05) is 36.8 Å². The highest BCUT2D eigenvalue weighted by Gasteiger charge is 2.21. The van der Waals surface area contributed by atoms with Crippen LogP contribution in [0.5, 0.6) is 0 Å². The third kappa shape index (κ3) is 3.41. The standard InChI is InChI=1S/C14H21ClN4S/c1-4-12-11(9-19(3)17-12)13(7-16)18(2)8-10-5-6-14(15)20-10/h5-6,9,13H,4,7-8,16H2,1-3H3.